The molecule has 1 aromatic carbocycles. The van der Waals surface area contributed by atoms with E-state index < -0.39 is 5.82 Å². The van der Waals surface area contributed by atoms with Crippen molar-refractivity contribution in [3.05, 3.63) is 29.6 Å². The van der Waals surface area contributed by atoms with E-state index in [-0.39, 0.29) is 24.0 Å². The summed E-state index contributed by atoms with van der Waals surface area (Å²) >= 11 is 0. The van der Waals surface area contributed by atoms with Crippen molar-refractivity contribution in [2.75, 3.05) is 13.1 Å². The summed E-state index contributed by atoms with van der Waals surface area (Å²) in [6.07, 6.45) is 0.359. The van der Waals surface area contributed by atoms with E-state index in [1.165, 1.54) is 12.1 Å². The first-order valence-corrected chi connectivity index (χ1v) is 6.35. The number of morpholine rings is 1. The van der Waals surface area contributed by atoms with Gasteiger partial charge < -0.3 is 9.84 Å². The van der Waals surface area contributed by atoms with E-state index in [1.54, 1.807) is 6.07 Å². The Kier molecular flexibility index (Phi) is 3.88. The standard InChI is InChI=1S/C14H20FNO2/c1-9-7-16(8-10(2)18-9)11(3)13-5-4-12(15)6-14(13)17/h4-6,9-11,17H,7-8H2,1-3H3. The Morgan fingerprint density at radius 1 is 1.33 bits per heavy atom. The van der Waals surface area contributed by atoms with Gasteiger partial charge >= 0.3 is 0 Å². The van der Waals surface area contributed by atoms with Gasteiger partial charge in [0.15, 0.2) is 0 Å². The number of phenolic OH excluding ortho intramolecular Hbond substituents is 1. The van der Waals surface area contributed by atoms with Gasteiger partial charge in [-0.3, -0.25) is 4.90 Å². The van der Waals surface area contributed by atoms with Crippen LogP contribution in [-0.4, -0.2) is 35.3 Å². The summed E-state index contributed by atoms with van der Waals surface area (Å²) < 4.78 is 18.7. The Bertz CT molecular complexity index is 414. The van der Waals surface area contributed by atoms with Gasteiger partial charge in [-0.15, -0.1) is 0 Å². The lowest BCUT2D eigenvalue weighted by Gasteiger charge is -2.39. The van der Waals surface area contributed by atoms with Crippen LogP contribution in [0.2, 0.25) is 0 Å². The third-order valence-corrected chi connectivity index (χ3v) is 3.44. The van der Waals surface area contributed by atoms with Crippen LogP contribution in [0.4, 0.5) is 4.39 Å². The van der Waals surface area contributed by atoms with E-state index in [0.717, 1.165) is 18.7 Å². The van der Waals surface area contributed by atoms with Crippen molar-refractivity contribution in [2.45, 2.75) is 39.0 Å². The lowest BCUT2D eigenvalue weighted by molar-refractivity contribution is -0.0791. The van der Waals surface area contributed by atoms with E-state index in [9.17, 15) is 9.50 Å². The minimum absolute atomic E-state index is 0.0225. The molecule has 100 valence electrons. The Hall–Kier alpha value is -1.13. The summed E-state index contributed by atoms with van der Waals surface area (Å²) in [4.78, 5) is 2.26. The van der Waals surface area contributed by atoms with Crippen LogP contribution in [0.3, 0.4) is 0 Å². The third kappa shape index (κ3) is 2.82. The predicted octanol–water partition coefficient (Wildman–Crippen LogP) is 2.70. The monoisotopic (exact) mass is 253 g/mol. The molecule has 3 atom stereocenters. The Labute approximate surface area is 107 Å². The van der Waals surface area contributed by atoms with Gasteiger partial charge in [0.05, 0.1) is 12.2 Å². The summed E-state index contributed by atoms with van der Waals surface area (Å²) in [7, 11) is 0. The summed E-state index contributed by atoms with van der Waals surface area (Å²) in [5.74, 6) is -0.388. The lowest BCUT2D eigenvalue weighted by Crippen LogP contribution is -2.46. The molecule has 0 aliphatic carbocycles. The second-order valence-electron chi connectivity index (χ2n) is 5.09. The van der Waals surface area contributed by atoms with Crippen molar-refractivity contribution >= 4 is 0 Å². The molecule has 0 aromatic heterocycles. The molecule has 1 aliphatic rings. The highest BCUT2D eigenvalue weighted by molar-refractivity contribution is 5.35. The number of benzene rings is 1. The number of halogens is 1. The number of nitrogens with zero attached hydrogens (tertiary/aromatic N) is 1. The molecule has 1 aromatic rings. The summed E-state index contributed by atoms with van der Waals surface area (Å²) in [5, 5.41) is 9.83. The molecule has 2 rings (SSSR count). The number of aromatic hydroxyl groups is 1. The van der Waals surface area contributed by atoms with Crippen LogP contribution in [0.1, 0.15) is 32.4 Å². The maximum atomic E-state index is 13.0. The van der Waals surface area contributed by atoms with Crippen molar-refractivity contribution < 1.29 is 14.2 Å². The van der Waals surface area contributed by atoms with Gasteiger partial charge in [-0.1, -0.05) is 6.07 Å². The zero-order valence-corrected chi connectivity index (χ0v) is 11.1. The number of hydrogen-bond acceptors (Lipinski definition) is 3. The molecule has 18 heavy (non-hydrogen) atoms. The smallest absolute Gasteiger partial charge is 0.126 e. The molecule has 1 saturated heterocycles. The highest BCUT2D eigenvalue weighted by Gasteiger charge is 2.27. The highest BCUT2D eigenvalue weighted by atomic mass is 19.1. The quantitative estimate of drug-likeness (QED) is 0.879. The molecular formula is C14H20FNO2. The molecular weight excluding hydrogens is 233 g/mol. The van der Waals surface area contributed by atoms with E-state index in [1.807, 2.05) is 20.8 Å². The maximum absolute atomic E-state index is 13.0. The minimum atomic E-state index is -0.410. The first kappa shape index (κ1) is 13.3. The second kappa shape index (κ2) is 5.24. The molecule has 1 N–H and O–H groups in total. The molecule has 0 radical (unpaired) electrons. The van der Waals surface area contributed by atoms with Crippen molar-refractivity contribution in [3.8, 4) is 5.75 Å². The summed E-state index contributed by atoms with van der Waals surface area (Å²) in [5.41, 5.74) is 0.762. The zero-order chi connectivity index (χ0) is 13.3. The SMILES string of the molecule is CC1CN(C(C)c2ccc(F)cc2O)CC(C)O1. The Balaban J connectivity index is 2.17. The van der Waals surface area contributed by atoms with Gasteiger partial charge in [-0.05, 0) is 26.8 Å². The lowest BCUT2D eigenvalue weighted by atomic mass is 10.0. The Morgan fingerprint density at radius 3 is 2.50 bits per heavy atom. The van der Waals surface area contributed by atoms with Crippen LogP contribution in [0.25, 0.3) is 0 Å². The fraction of sp³-hybridized carbons (Fsp3) is 0.571. The maximum Gasteiger partial charge on any atom is 0.126 e. The molecule has 0 saturated carbocycles. The fourth-order valence-electron chi connectivity index (χ4n) is 2.60. The molecule has 1 heterocycles. The molecule has 0 spiro atoms. The van der Waals surface area contributed by atoms with Crippen LogP contribution in [0.15, 0.2) is 18.2 Å². The van der Waals surface area contributed by atoms with Crippen molar-refractivity contribution in [2.24, 2.45) is 0 Å². The first-order chi connectivity index (χ1) is 8.47. The largest absolute Gasteiger partial charge is 0.508 e. The van der Waals surface area contributed by atoms with Gasteiger partial charge in [0.2, 0.25) is 0 Å². The summed E-state index contributed by atoms with van der Waals surface area (Å²) in [6.45, 7) is 7.75. The number of phenols is 1. The number of ether oxygens (including phenoxy) is 1. The summed E-state index contributed by atoms with van der Waals surface area (Å²) in [6, 6.07) is 4.26. The van der Waals surface area contributed by atoms with E-state index in [2.05, 4.69) is 4.90 Å². The van der Waals surface area contributed by atoms with Crippen LogP contribution in [-0.2, 0) is 4.74 Å². The Morgan fingerprint density at radius 2 is 1.94 bits per heavy atom. The van der Waals surface area contributed by atoms with Crippen molar-refractivity contribution in [3.63, 3.8) is 0 Å². The molecule has 4 heteroatoms. The van der Waals surface area contributed by atoms with Gasteiger partial charge in [0, 0.05) is 30.8 Å². The first-order valence-electron chi connectivity index (χ1n) is 6.35. The van der Waals surface area contributed by atoms with Gasteiger partial charge in [-0.25, -0.2) is 4.39 Å². The molecule has 3 unspecified atom stereocenters. The van der Waals surface area contributed by atoms with E-state index in [0.29, 0.717) is 0 Å². The third-order valence-electron chi connectivity index (χ3n) is 3.44. The van der Waals surface area contributed by atoms with Crippen LogP contribution >= 0.6 is 0 Å². The molecule has 1 fully saturated rings. The van der Waals surface area contributed by atoms with Gasteiger partial charge in [0.1, 0.15) is 11.6 Å². The normalized spacial score (nSPS) is 27.1. The molecule has 1 aliphatic heterocycles. The fourth-order valence-corrected chi connectivity index (χ4v) is 2.60. The number of hydrogen-bond donors (Lipinski definition) is 1. The molecule has 3 nitrogen and oxygen atoms in total. The topological polar surface area (TPSA) is 32.7 Å². The van der Waals surface area contributed by atoms with Crippen LogP contribution in [0.5, 0.6) is 5.75 Å². The van der Waals surface area contributed by atoms with Crippen LogP contribution in [0, 0.1) is 5.82 Å². The van der Waals surface area contributed by atoms with E-state index >= 15 is 0 Å². The van der Waals surface area contributed by atoms with Crippen LogP contribution < -0.4 is 0 Å². The average molecular weight is 253 g/mol. The van der Waals surface area contributed by atoms with Crippen molar-refractivity contribution in [1.82, 2.24) is 4.90 Å². The highest BCUT2D eigenvalue weighted by Crippen LogP contribution is 2.30. The molecule has 0 amide bonds. The average Bonchev–Trinajstić information content (AvgIpc) is 2.26. The van der Waals surface area contributed by atoms with Gasteiger partial charge in [0.25, 0.3) is 0 Å². The predicted molar refractivity (Wildman–Crippen MR) is 68.1 cm³/mol. The minimum Gasteiger partial charge on any atom is -0.508 e. The molecule has 0 bridgehead atoms. The van der Waals surface area contributed by atoms with Gasteiger partial charge in [-0.2, -0.15) is 0 Å². The van der Waals surface area contributed by atoms with Crippen molar-refractivity contribution in [1.29, 1.82) is 0 Å². The second-order valence-corrected chi connectivity index (χ2v) is 5.09. The number of rotatable bonds is 2. The zero-order valence-electron chi connectivity index (χ0n) is 11.1. The van der Waals surface area contributed by atoms with E-state index in [4.69, 9.17) is 4.74 Å².